The van der Waals surface area contributed by atoms with Gasteiger partial charge in [0.2, 0.25) is 0 Å². The number of carbonyl (C=O) groups excluding carboxylic acids is 1. The summed E-state index contributed by atoms with van der Waals surface area (Å²) in [5.41, 5.74) is 5.55. The van der Waals surface area contributed by atoms with E-state index < -0.39 is 0 Å². The fourth-order valence-corrected chi connectivity index (χ4v) is 4.45. The van der Waals surface area contributed by atoms with Gasteiger partial charge in [-0.15, -0.1) is 0 Å². The van der Waals surface area contributed by atoms with Crippen LogP contribution in [0.1, 0.15) is 38.4 Å². The number of nitrogens with zero attached hydrogens (tertiary/aromatic N) is 3. The van der Waals surface area contributed by atoms with Crippen molar-refractivity contribution in [2.45, 2.75) is 26.3 Å². The summed E-state index contributed by atoms with van der Waals surface area (Å²) < 4.78 is 10.3. The Morgan fingerprint density at radius 3 is 2.69 bits per heavy atom. The van der Waals surface area contributed by atoms with Crippen molar-refractivity contribution in [2.24, 2.45) is 0 Å². The van der Waals surface area contributed by atoms with Gasteiger partial charge in [0.1, 0.15) is 5.75 Å². The van der Waals surface area contributed by atoms with Crippen molar-refractivity contribution in [1.82, 2.24) is 14.3 Å². The van der Waals surface area contributed by atoms with Gasteiger partial charge in [0.05, 0.1) is 0 Å². The molecule has 1 aromatic heterocycles. The SMILES string of the molecule is Cc1ccc(Cc2nsc(Oc3cccc(C(=O)N4CCc5ccccc5C4)c3)n2)cc1. The summed E-state index contributed by atoms with van der Waals surface area (Å²) in [6, 6.07) is 24.0. The first-order chi connectivity index (χ1) is 15.6. The number of aromatic nitrogens is 2. The smallest absolute Gasteiger partial charge is 0.298 e. The standard InChI is InChI=1S/C26H23N3O2S/c1-18-9-11-19(12-10-18)15-24-27-26(32-28-24)31-23-8-4-7-21(16-23)25(30)29-14-13-20-5-2-3-6-22(20)17-29/h2-12,16H,13-15,17H2,1H3. The molecule has 32 heavy (non-hydrogen) atoms. The minimum atomic E-state index is 0.0160. The van der Waals surface area contributed by atoms with Crippen LogP contribution in [0.25, 0.3) is 0 Å². The Hall–Kier alpha value is -3.51. The number of hydrogen-bond acceptors (Lipinski definition) is 5. The zero-order valence-corrected chi connectivity index (χ0v) is 18.6. The normalized spacial score (nSPS) is 13.0. The number of hydrogen-bond donors (Lipinski definition) is 0. The molecule has 0 atom stereocenters. The van der Waals surface area contributed by atoms with Crippen LogP contribution in [0.15, 0.2) is 72.8 Å². The molecule has 6 heteroatoms. The summed E-state index contributed by atoms with van der Waals surface area (Å²) in [4.78, 5) is 19.5. The van der Waals surface area contributed by atoms with Crippen LogP contribution < -0.4 is 4.74 Å². The monoisotopic (exact) mass is 441 g/mol. The fourth-order valence-electron chi connectivity index (χ4n) is 3.88. The maximum atomic E-state index is 13.1. The lowest BCUT2D eigenvalue weighted by Gasteiger charge is -2.29. The number of ether oxygens (including phenoxy) is 1. The predicted octanol–water partition coefficient (Wildman–Crippen LogP) is 5.43. The predicted molar refractivity (Wildman–Crippen MR) is 125 cm³/mol. The van der Waals surface area contributed by atoms with E-state index in [9.17, 15) is 4.79 Å². The lowest BCUT2D eigenvalue weighted by atomic mass is 9.99. The van der Waals surface area contributed by atoms with Crippen molar-refractivity contribution in [3.05, 3.63) is 106 Å². The van der Waals surface area contributed by atoms with Gasteiger partial charge in [-0.25, -0.2) is 0 Å². The third-order valence-corrected chi connectivity index (χ3v) is 6.27. The first kappa shape index (κ1) is 20.4. The third kappa shape index (κ3) is 4.55. The summed E-state index contributed by atoms with van der Waals surface area (Å²) in [6.07, 6.45) is 1.54. The van der Waals surface area contributed by atoms with E-state index in [0.717, 1.165) is 24.4 Å². The minimum Gasteiger partial charge on any atom is -0.430 e. The Balaban J connectivity index is 1.26. The number of fused-ring (bicyclic) bond motifs is 1. The molecular weight excluding hydrogens is 418 g/mol. The van der Waals surface area contributed by atoms with Crippen molar-refractivity contribution in [1.29, 1.82) is 0 Å². The molecule has 0 saturated heterocycles. The van der Waals surface area contributed by atoms with Crippen LogP contribution in [-0.4, -0.2) is 26.7 Å². The van der Waals surface area contributed by atoms with Gasteiger partial charge in [0, 0.05) is 36.6 Å². The van der Waals surface area contributed by atoms with Crippen LogP contribution in [0.4, 0.5) is 0 Å². The van der Waals surface area contributed by atoms with E-state index >= 15 is 0 Å². The van der Waals surface area contributed by atoms with E-state index in [1.165, 1.54) is 28.2 Å². The molecule has 1 aliphatic rings. The van der Waals surface area contributed by atoms with Gasteiger partial charge in [-0.05, 0) is 48.2 Å². The molecule has 0 N–H and O–H groups in total. The summed E-state index contributed by atoms with van der Waals surface area (Å²) in [5, 5.41) is 0.476. The van der Waals surface area contributed by atoms with E-state index in [0.29, 0.717) is 29.5 Å². The molecule has 160 valence electrons. The number of rotatable bonds is 5. The topological polar surface area (TPSA) is 55.3 Å². The number of amides is 1. The molecule has 0 unspecified atom stereocenters. The first-order valence-electron chi connectivity index (χ1n) is 10.7. The van der Waals surface area contributed by atoms with E-state index in [-0.39, 0.29) is 5.91 Å². The Morgan fingerprint density at radius 2 is 1.84 bits per heavy atom. The van der Waals surface area contributed by atoms with Crippen LogP contribution in [0, 0.1) is 6.92 Å². The third-order valence-electron chi connectivity index (χ3n) is 5.64. The Morgan fingerprint density at radius 1 is 1.03 bits per heavy atom. The van der Waals surface area contributed by atoms with Gasteiger partial charge in [-0.1, -0.05) is 60.2 Å². The second kappa shape index (κ2) is 8.93. The number of aryl methyl sites for hydroxylation is 1. The summed E-state index contributed by atoms with van der Waals surface area (Å²) in [6.45, 7) is 3.43. The van der Waals surface area contributed by atoms with Gasteiger partial charge in [0.25, 0.3) is 11.1 Å². The molecule has 0 saturated carbocycles. The van der Waals surface area contributed by atoms with E-state index in [2.05, 4.69) is 58.7 Å². The molecule has 5 nitrogen and oxygen atoms in total. The number of benzene rings is 3. The Labute approximate surface area is 191 Å². The van der Waals surface area contributed by atoms with E-state index in [1.807, 2.05) is 29.2 Å². The van der Waals surface area contributed by atoms with Crippen LogP contribution in [0.3, 0.4) is 0 Å². The van der Waals surface area contributed by atoms with Crippen molar-refractivity contribution < 1.29 is 9.53 Å². The van der Waals surface area contributed by atoms with Gasteiger partial charge in [0.15, 0.2) is 5.82 Å². The van der Waals surface area contributed by atoms with E-state index in [4.69, 9.17) is 4.74 Å². The van der Waals surface area contributed by atoms with Crippen LogP contribution in [0.2, 0.25) is 0 Å². The van der Waals surface area contributed by atoms with Crippen molar-refractivity contribution in [3.63, 3.8) is 0 Å². The second-order valence-electron chi connectivity index (χ2n) is 8.01. The quantitative estimate of drug-likeness (QED) is 0.414. The summed E-state index contributed by atoms with van der Waals surface area (Å²) in [7, 11) is 0. The molecule has 0 bridgehead atoms. The molecule has 2 heterocycles. The molecule has 5 rings (SSSR count). The molecule has 4 aromatic rings. The molecule has 3 aromatic carbocycles. The lowest BCUT2D eigenvalue weighted by Crippen LogP contribution is -2.35. The van der Waals surface area contributed by atoms with E-state index in [1.54, 1.807) is 6.07 Å². The highest BCUT2D eigenvalue weighted by atomic mass is 32.1. The van der Waals surface area contributed by atoms with Gasteiger partial charge < -0.3 is 9.64 Å². The van der Waals surface area contributed by atoms with Gasteiger partial charge >= 0.3 is 0 Å². The zero-order valence-electron chi connectivity index (χ0n) is 17.8. The minimum absolute atomic E-state index is 0.0160. The zero-order chi connectivity index (χ0) is 21.9. The van der Waals surface area contributed by atoms with Crippen molar-refractivity contribution in [2.75, 3.05) is 6.54 Å². The van der Waals surface area contributed by atoms with Gasteiger partial charge in [-0.3, -0.25) is 4.79 Å². The molecule has 0 aliphatic carbocycles. The number of carbonyl (C=O) groups is 1. The summed E-state index contributed by atoms with van der Waals surface area (Å²) in [5.74, 6) is 1.33. The largest absolute Gasteiger partial charge is 0.430 e. The average Bonchev–Trinajstić information content (AvgIpc) is 3.26. The Kier molecular flexibility index (Phi) is 5.69. The lowest BCUT2D eigenvalue weighted by molar-refractivity contribution is 0.0734. The van der Waals surface area contributed by atoms with Crippen molar-refractivity contribution in [3.8, 4) is 10.9 Å². The molecule has 0 radical (unpaired) electrons. The first-order valence-corrected chi connectivity index (χ1v) is 11.4. The Bertz CT molecular complexity index is 1250. The second-order valence-corrected chi connectivity index (χ2v) is 8.73. The molecule has 0 spiro atoms. The maximum Gasteiger partial charge on any atom is 0.298 e. The summed E-state index contributed by atoms with van der Waals surface area (Å²) >= 11 is 1.22. The molecular formula is C26H23N3O2S. The van der Waals surface area contributed by atoms with Gasteiger partial charge in [-0.2, -0.15) is 9.36 Å². The molecule has 0 fully saturated rings. The van der Waals surface area contributed by atoms with Crippen LogP contribution in [0.5, 0.6) is 10.9 Å². The fraction of sp³-hybridized carbons (Fsp3) is 0.192. The molecule has 1 aliphatic heterocycles. The average molecular weight is 442 g/mol. The van der Waals surface area contributed by atoms with Crippen LogP contribution in [-0.2, 0) is 19.4 Å². The highest BCUT2D eigenvalue weighted by Gasteiger charge is 2.22. The maximum absolute atomic E-state index is 13.1. The van der Waals surface area contributed by atoms with Crippen molar-refractivity contribution >= 4 is 17.4 Å². The highest BCUT2D eigenvalue weighted by molar-refractivity contribution is 7.07. The molecule has 1 amide bonds. The van der Waals surface area contributed by atoms with Crippen LogP contribution >= 0.6 is 11.5 Å². The highest BCUT2D eigenvalue weighted by Crippen LogP contribution is 2.26.